The van der Waals surface area contributed by atoms with Gasteiger partial charge in [0, 0.05) is 19.1 Å². The fraction of sp³-hybridized carbons (Fsp3) is 0.700. The van der Waals surface area contributed by atoms with Gasteiger partial charge >= 0.3 is 0 Å². The molecule has 1 heterocycles. The van der Waals surface area contributed by atoms with Gasteiger partial charge in [0.25, 0.3) is 0 Å². The molecule has 1 saturated heterocycles. The van der Waals surface area contributed by atoms with Crippen LogP contribution in [0.4, 0.5) is 0 Å². The Hall–Kier alpha value is -0.830. The first-order chi connectivity index (χ1) is 6.27. The van der Waals surface area contributed by atoms with Gasteiger partial charge in [-0.2, -0.15) is 0 Å². The maximum Gasteiger partial charge on any atom is 0.246 e. The van der Waals surface area contributed by atoms with Crippen LogP contribution in [0.3, 0.4) is 0 Å². The molecule has 3 heteroatoms. The molecule has 0 aromatic carbocycles. The lowest BCUT2D eigenvalue weighted by atomic mass is 10.1. The number of nitrogens with zero attached hydrogens (tertiary/aromatic N) is 1. The van der Waals surface area contributed by atoms with Crippen molar-refractivity contribution >= 4 is 5.91 Å². The minimum absolute atomic E-state index is 0.0580. The van der Waals surface area contributed by atoms with Crippen molar-refractivity contribution in [3.8, 4) is 0 Å². The van der Waals surface area contributed by atoms with Crippen LogP contribution in [0.25, 0.3) is 0 Å². The van der Waals surface area contributed by atoms with Crippen LogP contribution in [0.2, 0.25) is 0 Å². The summed E-state index contributed by atoms with van der Waals surface area (Å²) in [7, 11) is 0. The van der Waals surface area contributed by atoms with E-state index in [9.17, 15) is 4.79 Å². The van der Waals surface area contributed by atoms with Crippen LogP contribution in [0.1, 0.15) is 19.8 Å². The van der Waals surface area contributed by atoms with Crippen molar-refractivity contribution in [3.05, 3.63) is 12.7 Å². The Kier molecular flexibility index (Phi) is 3.96. The van der Waals surface area contributed by atoms with Gasteiger partial charge in [-0.25, -0.2) is 0 Å². The summed E-state index contributed by atoms with van der Waals surface area (Å²) in [5.41, 5.74) is 0. The minimum atomic E-state index is 0.0580. The number of likely N-dealkylation sites (tertiary alicyclic amines) is 1. The Morgan fingerprint density at radius 2 is 2.54 bits per heavy atom. The van der Waals surface area contributed by atoms with Crippen molar-refractivity contribution in [2.45, 2.75) is 25.8 Å². The van der Waals surface area contributed by atoms with E-state index in [1.165, 1.54) is 12.5 Å². The molecule has 1 aliphatic heterocycles. The van der Waals surface area contributed by atoms with Crippen LogP contribution in [0, 0.1) is 0 Å². The molecule has 0 saturated carbocycles. The quantitative estimate of drug-likeness (QED) is 0.654. The number of carbonyl (C=O) groups excluding carboxylic acids is 1. The first kappa shape index (κ1) is 10.3. The number of piperidine rings is 1. The van der Waals surface area contributed by atoms with E-state index in [0.717, 1.165) is 26.1 Å². The van der Waals surface area contributed by atoms with Gasteiger partial charge in [0.2, 0.25) is 5.91 Å². The highest BCUT2D eigenvalue weighted by molar-refractivity contribution is 5.87. The van der Waals surface area contributed by atoms with Gasteiger partial charge in [0.05, 0.1) is 0 Å². The largest absolute Gasteiger partial charge is 0.338 e. The van der Waals surface area contributed by atoms with Crippen LogP contribution < -0.4 is 5.32 Å². The Morgan fingerprint density at radius 1 is 1.77 bits per heavy atom. The molecule has 1 rings (SSSR count). The molecular formula is C10H18N2O. The highest BCUT2D eigenvalue weighted by Gasteiger charge is 2.20. The lowest BCUT2D eigenvalue weighted by Crippen LogP contribution is -2.47. The van der Waals surface area contributed by atoms with Crippen LogP contribution in [-0.4, -0.2) is 36.5 Å². The molecule has 1 aliphatic rings. The van der Waals surface area contributed by atoms with Gasteiger partial charge in [0.1, 0.15) is 0 Å². The molecular weight excluding hydrogens is 164 g/mol. The van der Waals surface area contributed by atoms with Crippen LogP contribution in [0.5, 0.6) is 0 Å². The molecule has 1 atom stereocenters. The summed E-state index contributed by atoms with van der Waals surface area (Å²) < 4.78 is 0. The SMILES string of the molecule is C=CC(=O)N1CCCC(NCC)C1. The third kappa shape index (κ3) is 2.84. The minimum Gasteiger partial charge on any atom is -0.338 e. The number of likely N-dealkylation sites (N-methyl/N-ethyl adjacent to an activating group) is 1. The van der Waals surface area contributed by atoms with E-state index in [2.05, 4.69) is 18.8 Å². The maximum atomic E-state index is 11.3. The fourth-order valence-electron chi connectivity index (χ4n) is 1.76. The number of nitrogens with one attached hydrogen (secondary N) is 1. The van der Waals surface area contributed by atoms with Crippen molar-refractivity contribution in [1.29, 1.82) is 0 Å². The van der Waals surface area contributed by atoms with Crippen LogP contribution in [0.15, 0.2) is 12.7 Å². The molecule has 0 aliphatic carbocycles. The molecule has 1 amide bonds. The van der Waals surface area contributed by atoms with E-state index < -0.39 is 0 Å². The number of carbonyl (C=O) groups is 1. The molecule has 0 aromatic heterocycles. The normalized spacial score (nSPS) is 22.8. The van der Waals surface area contributed by atoms with Crippen LogP contribution >= 0.6 is 0 Å². The van der Waals surface area contributed by atoms with E-state index in [1.54, 1.807) is 0 Å². The average molecular weight is 182 g/mol. The summed E-state index contributed by atoms with van der Waals surface area (Å²) >= 11 is 0. The third-order valence-corrected chi connectivity index (χ3v) is 2.40. The summed E-state index contributed by atoms with van der Waals surface area (Å²) in [6.07, 6.45) is 3.67. The number of rotatable bonds is 3. The smallest absolute Gasteiger partial charge is 0.246 e. The van der Waals surface area contributed by atoms with E-state index in [1.807, 2.05) is 4.90 Å². The lowest BCUT2D eigenvalue weighted by molar-refractivity contribution is -0.127. The average Bonchev–Trinajstić information content (AvgIpc) is 2.18. The Balaban J connectivity index is 2.41. The molecule has 74 valence electrons. The van der Waals surface area contributed by atoms with Gasteiger partial charge in [-0.3, -0.25) is 4.79 Å². The summed E-state index contributed by atoms with van der Waals surface area (Å²) in [6.45, 7) is 8.27. The van der Waals surface area contributed by atoms with E-state index >= 15 is 0 Å². The highest BCUT2D eigenvalue weighted by Crippen LogP contribution is 2.10. The lowest BCUT2D eigenvalue weighted by Gasteiger charge is -2.32. The number of amides is 1. The summed E-state index contributed by atoms with van der Waals surface area (Å²) in [4.78, 5) is 13.2. The Labute approximate surface area is 79.8 Å². The summed E-state index contributed by atoms with van der Waals surface area (Å²) in [5.74, 6) is 0.0580. The molecule has 0 bridgehead atoms. The molecule has 13 heavy (non-hydrogen) atoms. The number of hydrogen-bond donors (Lipinski definition) is 1. The molecule has 0 radical (unpaired) electrons. The summed E-state index contributed by atoms with van der Waals surface area (Å²) in [6, 6.07) is 0.475. The first-order valence-electron chi connectivity index (χ1n) is 4.92. The van der Waals surface area contributed by atoms with Gasteiger partial charge in [-0.1, -0.05) is 13.5 Å². The van der Waals surface area contributed by atoms with Gasteiger partial charge in [-0.05, 0) is 25.5 Å². The van der Waals surface area contributed by atoms with E-state index in [4.69, 9.17) is 0 Å². The van der Waals surface area contributed by atoms with Crippen molar-refractivity contribution < 1.29 is 4.79 Å². The second kappa shape index (κ2) is 5.02. The van der Waals surface area contributed by atoms with Crippen molar-refractivity contribution in [1.82, 2.24) is 10.2 Å². The van der Waals surface area contributed by atoms with Crippen molar-refractivity contribution in [3.63, 3.8) is 0 Å². The van der Waals surface area contributed by atoms with Gasteiger partial charge in [0.15, 0.2) is 0 Å². The zero-order chi connectivity index (χ0) is 9.68. The zero-order valence-corrected chi connectivity index (χ0v) is 8.25. The van der Waals surface area contributed by atoms with E-state index in [0.29, 0.717) is 6.04 Å². The fourth-order valence-corrected chi connectivity index (χ4v) is 1.76. The van der Waals surface area contributed by atoms with Crippen LogP contribution in [-0.2, 0) is 4.79 Å². The molecule has 1 N–H and O–H groups in total. The molecule has 0 spiro atoms. The standard InChI is InChI=1S/C10H18N2O/c1-3-10(13)12-7-5-6-9(8-12)11-4-2/h3,9,11H,1,4-8H2,2H3. The molecule has 1 fully saturated rings. The zero-order valence-electron chi connectivity index (χ0n) is 8.25. The first-order valence-corrected chi connectivity index (χ1v) is 4.92. The highest BCUT2D eigenvalue weighted by atomic mass is 16.2. The maximum absolute atomic E-state index is 11.3. The molecule has 0 aromatic rings. The van der Waals surface area contributed by atoms with Crippen molar-refractivity contribution in [2.24, 2.45) is 0 Å². The third-order valence-electron chi connectivity index (χ3n) is 2.40. The second-order valence-electron chi connectivity index (χ2n) is 3.39. The van der Waals surface area contributed by atoms with Crippen molar-refractivity contribution in [2.75, 3.05) is 19.6 Å². The predicted octanol–water partition coefficient (Wildman–Crippen LogP) is 0.773. The van der Waals surface area contributed by atoms with Gasteiger partial charge in [-0.15, -0.1) is 0 Å². The topological polar surface area (TPSA) is 32.3 Å². The Bertz CT molecular complexity index is 189. The second-order valence-corrected chi connectivity index (χ2v) is 3.39. The monoisotopic (exact) mass is 182 g/mol. The number of hydrogen-bond acceptors (Lipinski definition) is 2. The van der Waals surface area contributed by atoms with E-state index in [-0.39, 0.29) is 5.91 Å². The molecule has 1 unspecified atom stereocenters. The predicted molar refractivity (Wildman–Crippen MR) is 53.5 cm³/mol. The Morgan fingerprint density at radius 3 is 3.15 bits per heavy atom. The van der Waals surface area contributed by atoms with Gasteiger partial charge < -0.3 is 10.2 Å². The molecule has 3 nitrogen and oxygen atoms in total. The summed E-state index contributed by atoms with van der Waals surface area (Å²) in [5, 5.41) is 3.37.